The monoisotopic (exact) mass is 392 g/mol. The van der Waals surface area contributed by atoms with Crippen LogP contribution in [-0.4, -0.2) is 44.6 Å². The van der Waals surface area contributed by atoms with E-state index in [-0.39, 0.29) is 17.9 Å². The van der Waals surface area contributed by atoms with Crippen LogP contribution in [0.1, 0.15) is 21.5 Å². The number of hydrogen-bond donors (Lipinski definition) is 1. The maximum Gasteiger partial charge on any atom is 0.251 e. The van der Waals surface area contributed by atoms with Gasteiger partial charge in [0, 0.05) is 25.2 Å². The number of carbonyl (C=O) groups is 1. The molecule has 0 atom stereocenters. The number of halogens is 1. The molecule has 0 spiro atoms. The Morgan fingerprint density at radius 1 is 1.19 bits per heavy atom. The summed E-state index contributed by atoms with van der Waals surface area (Å²) in [6.07, 6.45) is 0.619. The third-order valence-corrected chi connectivity index (χ3v) is 6.35. The molecule has 1 amide bonds. The van der Waals surface area contributed by atoms with E-state index < -0.39 is 21.7 Å². The fourth-order valence-corrected chi connectivity index (χ4v) is 4.32. The van der Waals surface area contributed by atoms with Gasteiger partial charge in [-0.15, -0.1) is 0 Å². The van der Waals surface area contributed by atoms with Crippen LogP contribution in [0.25, 0.3) is 0 Å². The van der Waals surface area contributed by atoms with Crippen molar-refractivity contribution in [1.82, 2.24) is 9.62 Å². The highest BCUT2D eigenvalue weighted by molar-refractivity contribution is 7.89. The van der Waals surface area contributed by atoms with Crippen LogP contribution in [0.2, 0.25) is 0 Å². The minimum absolute atomic E-state index is 0.00941. The van der Waals surface area contributed by atoms with Crippen LogP contribution in [0.15, 0.2) is 42.5 Å². The number of nitrogens with one attached hydrogen (secondary N) is 1. The van der Waals surface area contributed by atoms with Crippen molar-refractivity contribution in [3.63, 3.8) is 0 Å². The Balaban J connectivity index is 1.57. The number of benzene rings is 2. The van der Waals surface area contributed by atoms with Gasteiger partial charge < -0.3 is 10.1 Å². The standard InChI is InChI=1S/C19H21FN2O4S/c1-26-18-7-4-16-13-22(10-8-15(16)12-18)27(24,25)11-9-21-19(23)14-2-5-17(20)6-3-14/h2-7,12H,8-11,13H2,1H3,(H,21,23). The first-order chi connectivity index (χ1) is 12.9. The van der Waals surface area contributed by atoms with Gasteiger partial charge in [0.2, 0.25) is 10.0 Å². The highest BCUT2D eigenvalue weighted by Crippen LogP contribution is 2.25. The van der Waals surface area contributed by atoms with Crippen LogP contribution >= 0.6 is 0 Å². The zero-order valence-corrected chi connectivity index (χ0v) is 15.8. The molecule has 27 heavy (non-hydrogen) atoms. The van der Waals surface area contributed by atoms with Crippen molar-refractivity contribution in [1.29, 1.82) is 0 Å². The van der Waals surface area contributed by atoms with Gasteiger partial charge in [0.25, 0.3) is 5.91 Å². The van der Waals surface area contributed by atoms with Crippen LogP contribution in [-0.2, 0) is 23.0 Å². The van der Waals surface area contributed by atoms with Gasteiger partial charge in [0.15, 0.2) is 0 Å². The molecule has 0 saturated heterocycles. The number of sulfonamides is 1. The van der Waals surface area contributed by atoms with Crippen LogP contribution in [0.3, 0.4) is 0 Å². The van der Waals surface area contributed by atoms with Crippen molar-refractivity contribution in [3.05, 3.63) is 65.0 Å². The largest absolute Gasteiger partial charge is 0.497 e. The van der Waals surface area contributed by atoms with Gasteiger partial charge in [0.05, 0.1) is 12.9 Å². The molecule has 8 heteroatoms. The smallest absolute Gasteiger partial charge is 0.251 e. The number of carbonyl (C=O) groups excluding carboxylic acids is 1. The van der Waals surface area contributed by atoms with E-state index in [2.05, 4.69) is 5.32 Å². The fourth-order valence-electron chi connectivity index (χ4n) is 2.99. The molecular weight excluding hydrogens is 371 g/mol. The van der Waals surface area contributed by atoms with Gasteiger partial charge in [-0.1, -0.05) is 6.07 Å². The van der Waals surface area contributed by atoms with Gasteiger partial charge >= 0.3 is 0 Å². The molecule has 1 aliphatic rings. The summed E-state index contributed by atoms with van der Waals surface area (Å²) < 4.78 is 44.7. The van der Waals surface area contributed by atoms with Gasteiger partial charge in [-0.3, -0.25) is 4.79 Å². The Kier molecular flexibility index (Phi) is 5.76. The molecule has 0 aliphatic carbocycles. The first-order valence-corrected chi connectivity index (χ1v) is 10.2. The van der Waals surface area contributed by atoms with E-state index in [0.717, 1.165) is 16.9 Å². The summed E-state index contributed by atoms with van der Waals surface area (Å²) >= 11 is 0. The quantitative estimate of drug-likeness (QED) is 0.815. The summed E-state index contributed by atoms with van der Waals surface area (Å²) in [5.74, 6) is -0.294. The average Bonchev–Trinajstić information content (AvgIpc) is 2.67. The molecule has 144 valence electrons. The Hall–Kier alpha value is -2.45. The summed E-state index contributed by atoms with van der Waals surface area (Å²) in [7, 11) is -1.90. The Morgan fingerprint density at radius 3 is 2.63 bits per heavy atom. The minimum Gasteiger partial charge on any atom is -0.497 e. The second kappa shape index (κ2) is 8.06. The molecule has 0 radical (unpaired) electrons. The lowest BCUT2D eigenvalue weighted by atomic mass is 10.0. The topological polar surface area (TPSA) is 75.7 Å². The molecule has 0 unspecified atom stereocenters. The number of ether oxygens (including phenoxy) is 1. The van der Waals surface area contributed by atoms with Crippen molar-refractivity contribution in [2.24, 2.45) is 0 Å². The maximum absolute atomic E-state index is 12.9. The van der Waals surface area contributed by atoms with Crippen molar-refractivity contribution < 1.29 is 22.3 Å². The van der Waals surface area contributed by atoms with E-state index in [9.17, 15) is 17.6 Å². The number of rotatable bonds is 6. The van der Waals surface area contributed by atoms with E-state index >= 15 is 0 Å². The molecule has 3 rings (SSSR count). The molecule has 0 saturated carbocycles. The SMILES string of the molecule is COc1ccc2c(c1)CCN(S(=O)(=O)CCNC(=O)c1ccc(F)cc1)C2. The highest BCUT2D eigenvalue weighted by Gasteiger charge is 2.26. The molecule has 2 aromatic carbocycles. The first kappa shape index (κ1) is 19.3. The third-order valence-electron chi connectivity index (χ3n) is 4.54. The summed E-state index contributed by atoms with van der Waals surface area (Å²) in [4.78, 5) is 12.0. The fraction of sp³-hybridized carbons (Fsp3) is 0.316. The molecule has 0 aromatic heterocycles. The molecule has 6 nitrogen and oxygen atoms in total. The lowest BCUT2D eigenvalue weighted by Crippen LogP contribution is -2.40. The van der Waals surface area contributed by atoms with E-state index in [0.29, 0.717) is 19.5 Å². The molecule has 1 N–H and O–H groups in total. The van der Waals surface area contributed by atoms with E-state index in [1.165, 1.54) is 28.6 Å². The third kappa shape index (κ3) is 4.64. The van der Waals surface area contributed by atoms with Crippen molar-refractivity contribution in [2.45, 2.75) is 13.0 Å². The van der Waals surface area contributed by atoms with Gasteiger partial charge in [-0.25, -0.2) is 12.8 Å². The summed E-state index contributed by atoms with van der Waals surface area (Å²) in [6, 6.07) is 10.7. The predicted octanol–water partition coefficient (Wildman–Crippen LogP) is 1.95. The van der Waals surface area contributed by atoms with Crippen LogP contribution in [0.5, 0.6) is 5.75 Å². The Labute approximate surface area is 158 Å². The average molecular weight is 392 g/mol. The minimum atomic E-state index is -3.50. The summed E-state index contributed by atoms with van der Waals surface area (Å²) in [6.45, 7) is 0.701. The lowest BCUT2D eigenvalue weighted by molar-refractivity contribution is 0.0956. The Bertz CT molecular complexity index is 929. The van der Waals surface area contributed by atoms with Crippen molar-refractivity contribution in [3.8, 4) is 5.75 Å². The molecule has 1 aliphatic heterocycles. The summed E-state index contributed by atoms with van der Waals surface area (Å²) in [5.41, 5.74) is 2.33. The highest BCUT2D eigenvalue weighted by atomic mass is 32.2. The molecule has 2 aromatic rings. The zero-order valence-electron chi connectivity index (χ0n) is 14.9. The Morgan fingerprint density at radius 2 is 1.93 bits per heavy atom. The first-order valence-electron chi connectivity index (χ1n) is 8.56. The molecule has 0 bridgehead atoms. The number of fused-ring (bicyclic) bond motifs is 1. The zero-order chi connectivity index (χ0) is 19.4. The summed E-state index contributed by atoms with van der Waals surface area (Å²) in [5, 5.41) is 2.56. The van der Waals surface area contributed by atoms with Crippen molar-refractivity contribution in [2.75, 3.05) is 26.0 Å². The molecule has 0 fully saturated rings. The normalized spacial score (nSPS) is 14.4. The van der Waals surface area contributed by atoms with Crippen LogP contribution in [0.4, 0.5) is 4.39 Å². The number of methoxy groups -OCH3 is 1. The molecular formula is C19H21FN2O4S. The number of nitrogens with zero attached hydrogens (tertiary/aromatic N) is 1. The van der Waals surface area contributed by atoms with Gasteiger partial charge in [-0.05, 0) is 53.9 Å². The van der Waals surface area contributed by atoms with Crippen LogP contribution in [0, 0.1) is 5.82 Å². The van der Waals surface area contributed by atoms with Crippen LogP contribution < -0.4 is 10.1 Å². The maximum atomic E-state index is 12.9. The van der Waals surface area contributed by atoms with Gasteiger partial charge in [-0.2, -0.15) is 4.31 Å². The lowest BCUT2D eigenvalue weighted by Gasteiger charge is -2.28. The predicted molar refractivity (Wildman–Crippen MR) is 99.6 cm³/mol. The second-order valence-corrected chi connectivity index (χ2v) is 8.39. The van der Waals surface area contributed by atoms with Crippen molar-refractivity contribution >= 4 is 15.9 Å². The van der Waals surface area contributed by atoms with E-state index in [1.807, 2.05) is 18.2 Å². The van der Waals surface area contributed by atoms with E-state index in [1.54, 1.807) is 7.11 Å². The second-order valence-electron chi connectivity index (χ2n) is 6.30. The number of amides is 1. The van der Waals surface area contributed by atoms with E-state index in [4.69, 9.17) is 4.74 Å². The van der Waals surface area contributed by atoms with Gasteiger partial charge in [0.1, 0.15) is 11.6 Å². The molecule has 1 heterocycles. The number of hydrogen-bond acceptors (Lipinski definition) is 4.